The van der Waals surface area contributed by atoms with Crippen LogP contribution in [0.25, 0.3) is 0 Å². The van der Waals surface area contributed by atoms with Crippen molar-refractivity contribution in [2.75, 3.05) is 19.6 Å². The second-order valence-electron chi connectivity index (χ2n) is 5.68. The predicted molar refractivity (Wildman–Crippen MR) is 66.9 cm³/mol. The van der Waals surface area contributed by atoms with Gasteiger partial charge in [-0.25, -0.2) is 0 Å². The van der Waals surface area contributed by atoms with Crippen LogP contribution < -0.4 is 11.1 Å². The minimum Gasteiger partial charge on any atom is -0.330 e. The van der Waals surface area contributed by atoms with Crippen molar-refractivity contribution in [2.24, 2.45) is 17.1 Å². The molecule has 15 heavy (non-hydrogen) atoms. The molecule has 0 amide bonds. The molecule has 1 saturated carbocycles. The van der Waals surface area contributed by atoms with Gasteiger partial charge in [0.1, 0.15) is 0 Å². The highest BCUT2D eigenvalue weighted by atomic mass is 14.9. The van der Waals surface area contributed by atoms with E-state index in [0.717, 1.165) is 6.54 Å². The largest absolute Gasteiger partial charge is 0.330 e. The highest BCUT2D eigenvalue weighted by Crippen LogP contribution is 2.36. The van der Waals surface area contributed by atoms with Gasteiger partial charge in [0.25, 0.3) is 0 Å². The number of nitrogens with two attached hydrogens (primary N) is 1. The van der Waals surface area contributed by atoms with E-state index in [1.54, 1.807) is 0 Å². The van der Waals surface area contributed by atoms with Crippen LogP contribution >= 0.6 is 0 Å². The van der Waals surface area contributed by atoms with E-state index in [-0.39, 0.29) is 0 Å². The lowest BCUT2D eigenvalue weighted by Gasteiger charge is -2.23. The van der Waals surface area contributed by atoms with Crippen LogP contribution in [0.2, 0.25) is 0 Å². The summed E-state index contributed by atoms with van der Waals surface area (Å²) < 4.78 is 0. The zero-order valence-electron chi connectivity index (χ0n) is 10.5. The van der Waals surface area contributed by atoms with Gasteiger partial charge < -0.3 is 11.1 Å². The molecule has 2 heteroatoms. The minimum atomic E-state index is 0.597. The van der Waals surface area contributed by atoms with E-state index in [1.807, 2.05) is 0 Å². The topological polar surface area (TPSA) is 38.0 Å². The molecule has 0 aromatic carbocycles. The molecule has 0 aromatic rings. The Morgan fingerprint density at radius 3 is 2.60 bits per heavy atom. The third kappa shape index (κ3) is 4.98. The average Bonchev–Trinajstić information content (AvgIpc) is 2.64. The van der Waals surface area contributed by atoms with Crippen molar-refractivity contribution >= 4 is 0 Å². The summed E-state index contributed by atoms with van der Waals surface area (Å²) in [6.07, 6.45) is 8.23. The van der Waals surface area contributed by atoms with Gasteiger partial charge in [0.2, 0.25) is 0 Å². The Morgan fingerprint density at radius 2 is 2.00 bits per heavy atom. The van der Waals surface area contributed by atoms with Gasteiger partial charge in [-0.1, -0.05) is 26.7 Å². The maximum absolute atomic E-state index is 5.59. The Bertz CT molecular complexity index is 162. The molecule has 0 spiro atoms. The van der Waals surface area contributed by atoms with E-state index in [1.165, 1.54) is 51.6 Å². The van der Waals surface area contributed by atoms with Crippen molar-refractivity contribution in [3.63, 3.8) is 0 Å². The van der Waals surface area contributed by atoms with Crippen molar-refractivity contribution in [1.29, 1.82) is 0 Å². The summed E-state index contributed by atoms with van der Waals surface area (Å²) in [6, 6.07) is 0. The van der Waals surface area contributed by atoms with E-state index in [9.17, 15) is 0 Å². The minimum absolute atomic E-state index is 0.597. The standard InChI is InChI=1S/C13H28N2/c1-12(10-14)6-5-9-15-11-13(2)7-3-4-8-13/h12,15H,3-11,14H2,1-2H3. The van der Waals surface area contributed by atoms with Crippen LogP contribution in [0.3, 0.4) is 0 Å². The quantitative estimate of drug-likeness (QED) is 0.636. The molecule has 1 fully saturated rings. The van der Waals surface area contributed by atoms with Crippen LogP contribution in [-0.2, 0) is 0 Å². The molecule has 1 aliphatic carbocycles. The maximum atomic E-state index is 5.59. The van der Waals surface area contributed by atoms with E-state index in [4.69, 9.17) is 5.73 Å². The Balaban J connectivity index is 1.97. The van der Waals surface area contributed by atoms with Gasteiger partial charge in [0.05, 0.1) is 0 Å². The number of hydrogen-bond donors (Lipinski definition) is 2. The normalized spacial score (nSPS) is 21.8. The number of hydrogen-bond acceptors (Lipinski definition) is 2. The van der Waals surface area contributed by atoms with Crippen molar-refractivity contribution < 1.29 is 0 Å². The van der Waals surface area contributed by atoms with E-state index in [2.05, 4.69) is 19.2 Å². The fourth-order valence-corrected chi connectivity index (χ4v) is 2.49. The highest BCUT2D eigenvalue weighted by Gasteiger charge is 2.27. The fraction of sp³-hybridized carbons (Fsp3) is 1.00. The van der Waals surface area contributed by atoms with Gasteiger partial charge in [0, 0.05) is 6.54 Å². The van der Waals surface area contributed by atoms with Gasteiger partial charge in [-0.05, 0) is 50.1 Å². The van der Waals surface area contributed by atoms with Crippen LogP contribution in [0.15, 0.2) is 0 Å². The summed E-state index contributed by atoms with van der Waals surface area (Å²) in [6.45, 7) is 7.87. The summed E-state index contributed by atoms with van der Waals surface area (Å²) >= 11 is 0. The molecule has 0 aliphatic heterocycles. The lowest BCUT2D eigenvalue weighted by Crippen LogP contribution is -2.30. The SMILES string of the molecule is CC(CN)CCCNCC1(C)CCCC1. The highest BCUT2D eigenvalue weighted by molar-refractivity contribution is 4.82. The molecule has 0 saturated heterocycles. The third-order valence-electron chi connectivity index (χ3n) is 3.82. The first-order valence-corrected chi connectivity index (χ1v) is 6.57. The molecule has 2 nitrogen and oxygen atoms in total. The summed E-state index contributed by atoms with van der Waals surface area (Å²) in [5.74, 6) is 0.689. The van der Waals surface area contributed by atoms with Gasteiger partial charge in [0.15, 0.2) is 0 Å². The zero-order chi connectivity index (χ0) is 11.1. The van der Waals surface area contributed by atoms with Crippen molar-refractivity contribution in [3.8, 4) is 0 Å². The first-order valence-electron chi connectivity index (χ1n) is 6.57. The lowest BCUT2D eigenvalue weighted by molar-refractivity contribution is 0.313. The average molecular weight is 212 g/mol. The van der Waals surface area contributed by atoms with Gasteiger partial charge >= 0.3 is 0 Å². The molecule has 90 valence electrons. The van der Waals surface area contributed by atoms with Crippen molar-refractivity contribution in [2.45, 2.75) is 52.4 Å². The van der Waals surface area contributed by atoms with Crippen LogP contribution in [0, 0.1) is 11.3 Å². The number of rotatable bonds is 7. The Kier molecular flexibility index (Phi) is 5.62. The fourth-order valence-electron chi connectivity index (χ4n) is 2.49. The van der Waals surface area contributed by atoms with Crippen LogP contribution in [0.1, 0.15) is 52.4 Å². The second-order valence-corrected chi connectivity index (χ2v) is 5.68. The van der Waals surface area contributed by atoms with Gasteiger partial charge in [-0.2, -0.15) is 0 Å². The van der Waals surface area contributed by atoms with E-state index >= 15 is 0 Å². The molecule has 0 heterocycles. The number of nitrogens with one attached hydrogen (secondary N) is 1. The summed E-state index contributed by atoms with van der Waals surface area (Å²) in [5.41, 5.74) is 6.18. The Morgan fingerprint density at radius 1 is 1.33 bits per heavy atom. The first kappa shape index (κ1) is 13.0. The molecular formula is C13H28N2. The maximum Gasteiger partial charge on any atom is 0.000516 e. The summed E-state index contributed by atoms with van der Waals surface area (Å²) in [5, 5.41) is 3.61. The summed E-state index contributed by atoms with van der Waals surface area (Å²) in [7, 11) is 0. The molecule has 0 radical (unpaired) electrons. The molecular weight excluding hydrogens is 184 g/mol. The molecule has 1 rings (SSSR count). The third-order valence-corrected chi connectivity index (χ3v) is 3.82. The smallest absolute Gasteiger partial charge is 0.000516 e. The first-order chi connectivity index (χ1) is 7.16. The van der Waals surface area contributed by atoms with Crippen molar-refractivity contribution in [1.82, 2.24) is 5.32 Å². The Hall–Kier alpha value is -0.0800. The van der Waals surface area contributed by atoms with Crippen molar-refractivity contribution in [3.05, 3.63) is 0 Å². The molecule has 3 N–H and O–H groups in total. The molecule has 1 atom stereocenters. The second kappa shape index (κ2) is 6.49. The molecule has 0 bridgehead atoms. The monoisotopic (exact) mass is 212 g/mol. The molecule has 1 unspecified atom stereocenters. The Labute approximate surface area is 95.0 Å². The lowest BCUT2D eigenvalue weighted by atomic mass is 9.89. The van der Waals surface area contributed by atoms with Gasteiger partial charge in [-0.3, -0.25) is 0 Å². The molecule has 0 aromatic heterocycles. The zero-order valence-corrected chi connectivity index (χ0v) is 10.5. The van der Waals surface area contributed by atoms with Crippen LogP contribution in [0.5, 0.6) is 0 Å². The van der Waals surface area contributed by atoms with Gasteiger partial charge in [-0.15, -0.1) is 0 Å². The predicted octanol–water partition coefficient (Wildman–Crippen LogP) is 2.53. The molecule has 1 aliphatic rings. The van der Waals surface area contributed by atoms with Crippen LogP contribution in [-0.4, -0.2) is 19.6 Å². The van der Waals surface area contributed by atoms with E-state index in [0.29, 0.717) is 11.3 Å². The van der Waals surface area contributed by atoms with Crippen LogP contribution in [0.4, 0.5) is 0 Å². The summed E-state index contributed by atoms with van der Waals surface area (Å²) in [4.78, 5) is 0. The van der Waals surface area contributed by atoms with E-state index < -0.39 is 0 Å².